The van der Waals surface area contributed by atoms with Crippen molar-refractivity contribution in [2.24, 2.45) is 0 Å². The number of hydrogen-bond acceptors (Lipinski definition) is 3. The lowest BCUT2D eigenvalue weighted by molar-refractivity contribution is -0.131. The van der Waals surface area contributed by atoms with Gasteiger partial charge in [-0.3, -0.25) is 4.79 Å². The quantitative estimate of drug-likeness (QED) is 0.716. The average Bonchev–Trinajstić information content (AvgIpc) is 2.73. The fourth-order valence-corrected chi connectivity index (χ4v) is 4.36. The minimum atomic E-state index is -0.819. The molecule has 0 amide bonds. The van der Waals surface area contributed by atoms with Crippen LogP contribution in [0, 0.1) is 0 Å². The summed E-state index contributed by atoms with van der Waals surface area (Å²) in [5.41, 5.74) is 1.09. The van der Waals surface area contributed by atoms with E-state index in [4.69, 9.17) is 28.6 Å². The summed E-state index contributed by atoms with van der Waals surface area (Å²) in [5, 5.41) is 4.42. The van der Waals surface area contributed by atoms with Gasteiger partial charge in [0.25, 0.3) is 0 Å². The van der Waals surface area contributed by atoms with Gasteiger partial charge in [0.2, 0.25) is 0 Å². The fourth-order valence-electron chi connectivity index (χ4n) is 3.84. The third-order valence-electron chi connectivity index (χ3n) is 5.45. The summed E-state index contributed by atoms with van der Waals surface area (Å²) in [7, 11) is 3.53. The summed E-state index contributed by atoms with van der Waals surface area (Å²) in [6.45, 7) is 0.569. The van der Waals surface area contributed by atoms with Crippen molar-refractivity contribution in [2.45, 2.75) is 37.8 Å². The van der Waals surface area contributed by atoms with Crippen molar-refractivity contribution in [3.8, 4) is 5.75 Å². The summed E-state index contributed by atoms with van der Waals surface area (Å²) in [4.78, 5) is 15.1. The second-order valence-corrected chi connectivity index (χ2v) is 7.83. The molecule has 2 aromatic carbocycles. The summed E-state index contributed by atoms with van der Waals surface area (Å²) in [5.74, 6) is 0.983. The molecule has 3 rings (SSSR count). The largest absolute Gasteiger partial charge is 0.497 e. The summed E-state index contributed by atoms with van der Waals surface area (Å²) in [6.07, 6.45) is 3.11. The zero-order valence-corrected chi connectivity index (χ0v) is 17.8. The lowest BCUT2D eigenvalue weighted by Crippen LogP contribution is -2.56. The van der Waals surface area contributed by atoms with Gasteiger partial charge in [-0.1, -0.05) is 41.9 Å². The number of nitrogens with zero attached hydrogens (tertiary/aromatic N) is 1. The number of Topliss-reactive ketones (excluding diaryl/α,β-unsaturated/α-hetero) is 1. The molecule has 0 bridgehead atoms. The van der Waals surface area contributed by atoms with Gasteiger partial charge >= 0.3 is 0 Å². The molecule has 4 nitrogen and oxygen atoms in total. The van der Waals surface area contributed by atoms with E-state index in [0.717, 1.165) is 29.7 Å². The molecule has 0 spiro atoms. The number of likely N-dealkylation sites (N-methyl/N-ethyl adjacent to an activating group) is 1. The van der Waals surface area contributed by atoms with Gasteiger partial charge in [0.1, 0.15) is 11.3 Å². The van der Waals surface area contributed by atoms with E-state index in [9.17, 15) is 4.79 Å². The van der Waals surface area contributed by atoms with E-state index in [2.05, 4.69) is 5.32 Å². The van der Waals surface area contributed by atoms with E-state index in [1.807, 2.05) is 60.5 Å². The van der Waals surface area contributed by atoms with Crippen molar-refractivity contribution in [3.63, 3.8) is 0 Å². The number of thiocarbonyl (C=S) groups is 1. The van der Waals surface area contributed by atoms with Crippen LogP contribution in [-0.4, -0.2) is 30.0 Å². The zero-order chi connectivity index (χ0) is 20.1. The van der Waals surface area contributed by atoms with Crippen LogP contribution in [0.3, 0.4) is 0 Å². The van der Waals surface area contributed by atoms with Crippen molar-refractivity contribution < 1.29 is 9.53 Å². The number of methoxy groups -OCH3 is 1. The smallest absolute Gasteiger partial charge is 0.170 e. The van der Waals surface area contributed by atoms with Crippen molar-refractivity contribution in [1.29, 1.82) is 0 Å². The number of hydrogen-bond donors (Lipinski definition) is 1. The molecule has 28 heavy (non-hydrogen) atoms. The number of halogens is 1. The van der Waals surface area contributed by atoms with Crippen LogP contribution in [0.25, 0.3) is 0 Å². The minimum absolute atomic E-state index is 0.169. The summed E-state index contributed by atoms with van der Waals surface area (Å²) in [6, 6.07) is 15.4. The number of rotatable bonds is 5. The first-order valence-electron chi connectivity index (χ1n) is 9.42. The van der Waals surface area contributed by atoms with E-state index < -0.39 is 5.54 Å². The van der Waals surface area contributed by atoms with Gasteiger partial charge in [0.05, 0.1) is 7.11 Å². The molecule has 1 aliphatic rings. The predicted octanol–water partition coefficient (Wildman–Crippen LogP) is 4.69. The van der Waals surface area contributed by atoms with Gasteiger partial charge in [-0.05, 0) is 55.2 Å². The lowest BCUT2D eigenvalue weighted by Gasteiger charge is -2.45. The molecule has 0 saturated heterocycles. The Balaban J connectivity index is 1.82. The highest BCUT2D eigenvalue weighted by Crippen LogP contribution is 2.42. The Morgan fingerprint density at radius 3 is 2.57 bits per heavy atom. The van der Waals surface area contributed by atoms with Gasteiger partial charge in [-0.25, -0.2) is 0 Å². The molecular weight excluding hydrogens is 392 g/mol. The Morgan fingerprint density at radius 1 is 1.21 bits per heavy atom. The van der Waals surface area contributed by atoms with E-state index in [0.29, 0.717) is 29.5 Å². The number of benzene rings is 2. The van der Waals surface area contributed by atoms with Crippen molar-refractivity contribution in [3.05, 3.63) is 64.7 Å². The van der Waals surface area contributed by atoms with Gasteiger partial charge in [-0.15, -0.1) is 0 Å². The molecule has 0 heterocycles. The first-order valence-corrected chi connectivity index (χ1v) is 10.2. The maximum Gasteiger partial charge on any atom is 0.170 e. The molecule has 0 aliphatic heterocycles. The molecule has 1 aliphatic carbocycles. The molecule has 0 unspecified atom stereocenters. The first-order chi connectivity index (χ1) is 13.5. The summed E-state index contributed by atoms with van der Waals surface area (Å²) >= 11 is 12.2. The normalized spacial score (nSPS) is 19.2. The molecule has 1 saturated carbocycles. The van der Waals surface area contributed by atoms with Crippen molar-refractivity contribution in [1.82, 2.24) is 10.2 Å². The second-order valence-electron chi connectivity index (χ2n) is 7.04. The van der Waals surface area contributed by atoms with Gasteiger partial charge in [0.15, 0.2) is 10.9 Å². The van der Waals surface area contributed by atoms with Crippen LogP contribution in [0.1, 0.15) is 36.8 Å². The number of ketones is 1. The molecule has 1 N–H and O–H groups in total. The molecule has 2 aromatic rings. The standard InChI is InChI=1S/C22H25ClN2O2S/c1-25(21(28)24-15-16-10-12-17(27-2)13-11-16)22(14-6-5-9-20(22)26)18-7-3-4-8-19(18)23/h3-4,7-8,10-13H,5-6,9,14-15H2,1-2H3,(H,24,28)/t22-/m1/s1. The highest BCUT2D eigenvalue weighted by molar-refractivity contribution is 7.80. The fraction of sp³-hybridized carbons (Fsp3) is 0.364. The van der Waals surface area contributed by atoms with Gasteiger partial charge < -0.3 is 15.0 Å². The zero-order valence-electron chi connectivity index (χ0n) is 16.2. The van der Waals surface area contributed by atoms with E-state index in [1.54, 1.807) is 7.11 Å². The van der Waals surface area contributed by atoms with Crippen molar-refractivity contribution in [2.75, 3.05) is 14.2 Å². The SMILES string of the molecule is COc1ccc(CNC(=S)N(C)[C@@]2(c3ccccc3Cl)CCCCC2=O)cc1. The monoisotopic (exact) mass is 416 g/mol. The first kappa shape index (κ1) is 20.6. The van der Waals surface area contributed by atoms with Crippen LogP contribution in [0.5, 0.6) is 5.75 Å². The third-order valence-corrected chi connectivity index (χ3v) is 6.20. The van der Waals surface area contributed by atoms with Crippen molar-refractivity contribution >= 4 is 34.7 Å². The average molecular weight is 417 g/mol. The highest BCUT2D eigenvalue weighted by atomic mass is 35.5. The van der Waals surface area contributed by atoms with Gasteiger partial charge in [0, 0.05) is 30.6 Å². The molecule has 148 valence electrons. The Hall–Kier alpha value is -2.11. The van der Waals surface area contributed by atoms with Gasteiger partial charge in [-0.2, -0.15) is 0 Å². The second kappa shape index (κ2) is 8.93. The lowest BCUT2D eigenvalue weighted by atomic mass is 9.74. The maximum absolute atomic E-state index is 13.2. The topological polar surface area (TPSA) is 41.6 Å². The number of carbonyl (C=O) groups is 1. The van der Waals surface area contributed by atoms with E-state index in [1.165, 1.54) is 0 Å². The van der Waals surface area contributed by atoms with Crippen LogP contribution in [0.4, 0.5) is 0 Å². The molecule has 6 heteroatoms. The molecular formula is C22H25ClN2O2S. The Morgan fingerprint density at radius 2 is 1.93 bits per heavy atom. The maximum atomic E-state index is 13.2. The third kappa shape index (κ3) is 4.01. The summed E-state index contributed by atoms with van der Waals surface area (Å²) < 4.78 is 5.19. The van der Waals surface area contributed by atoms with E-state index >= 15 is 0 Å². The Bertz CT molecular complexity index is 856. The van der Waals surface area contributed by atoms with Crippen LogP contribution in [0.15, 0.2) is 48.5 Å². The van der Waals surface area contributed by atoms with Crippen LogP contribution in [-0.2, 0) is 16.9 Å². The Kier molecular flexibility index (Phi) is 6.57. The van der Waals surface area contributed by atoms with Crippen LogP contribution >= 0.6 is 23.8 Å². The van der Waals surface area contributed by atoms with E-state index in [-0.39, 0.29) is 5.78 Å². The van der Waals surface area contributed by atoms with Crippen LogP contribution in [0.2, 0.25) is 5.02 Å². The van der Waals surface area contributed by atoms with Crippen LogP contribution < -0.4 is 10.1 Å². The predicted molar refractivity (Wildman–Crippen MR) is 117 cm³/mol. The number of ether oxygens (including phenoxy) is 1. The molecule has 1 atom stereocenters. The number of nitrogens with one attached hydrogen (secondary N) is 1. The molecule has 0 radical (unpaired) electrons. The Labute approximate surface area is 176 Å². The minimum Gasteiger partial charge on any atom is -0.497 e. The molecule has 0 aromatic heterocycles. The molecule has 1 fully saturated rings. The number of carbonyl (C=O) groups excluding carboxylic acids is 1. The highest BCUT2D eigenvalue weighted by Gasteiger charge is 2.47.